The Morgan fingerprint density at radius 2 is 1.72 bits per heavy atom. The van der Waals surface area contributed by atoms with Gasteiger partial charge < -0.3 is 19.5 Å². The highest BCUT2D eigenvalue weighted by molar-refractivity contribution is 6.30. The summed E-state index contributed by atoms with van der Waals surface area (Å²) >= 11 is 5.81. The summed E-state index contributed by atoms with van der Waals surface area (Å²) in [5.41, 5.74) is 0.116. The van der Waals surface area contributed by atoms with Crippen LogP contribution in [-0.2, 0) is 16.0 Å². The average Bonchev–Trinajstić information content (AvgIpc) is 2.72. The number of nitro benzene ring substituents is 1. The molecule has 0 fully saturated rings. The van der Waals surface area contributed by atoms with Crippen LogP contribution in [-0.4, -0.2) is 44.2 Å². The first kappa shape index (κ1) is 22.0. The van der Waals surface area contributed by atoms with Crippen LogP contribution in [0.5, 0.6) is 11.5 Å². The first-order valence-electron chi connectivity index (χ1n) is 8.44. The predicted octanol–water partition coefficient (Wildman–Crippen LogP) is 2.78. The fourth-order valence-electron chi connectivity index (χ4n) is 2.44. The molecule has 10 heteroatoms. The van der Waals surface area contributed by atoms with E-state index in [1.54, 1.807) is 12.1 Å². The zero-order valence-electron chi connectivity index (χ0n) is 15.8. The lowest BCUT2D eigenvalue weighted by Crippen LogP contribution is -2.30. The number of methoxy groups -OCH3 is 2. The van der Waals surface area contributed by atoms with Gasteiger partial charge in [0.1, 0.15) is 5.56 Å². The van der Waals surface area contributed by atoms with Crippen LogP contribution in [0.25, 0.3) is 0 Å². The van der Waals surface area contributed by atoms with E-state index in [0.717, 1.165) is 17.7 Å². The zero-order valence-corrected chi connectivity index (χ0v) is 16.5. The first-order chi connectivity index (χ1) is 13.8. The van der Waals surface area contributed by atoms with Gasteiger partial charge in [0.2, 0.25) is 0 Å². The third kappa shape index (κ3) is 6.08. The Morgan fingerprint density at radius 3 is 2.31 bits per heavy atom. The van der Waals surface area contributed by atoms with E-state index in [9.17, 15) is 19.7 Å². The molecule has 2 aromatic rings. The van der Waals surface area contributed by atoms with Crippen LogP contribution in [0.4, 0.5) is 5.69 Å². The van der Waals surface area contributed by atoms with Crippen LogP contribution >= 0.6 is 11.6 Å². The van der Waals surface area contributed by atoms with E-state index < -0.39 is 29.1 Å². The van der Waals surface area contributed by atoms with Crippen LogP contribution in [0, 0.1) is 10.1 Å². The topological polar surface area (TPSA) is 117 Å². The molecule has 0 radical (unpaired) electrons. The molecule has 0 spiro atoms. The molecule has 9 nitrogen and oxygen atoms in total. The lowest BCUT2D eigenvalue weighted by atomic mass is 10.1. The Bertz CT molecular complexity index is 900. The minimum Gasteiger partial charge on any atom is -0.493 e. The average molecular weight is 423 g/mol. The largest absolute Gasteiger partial charge is 0.493 e. The molecule has 0 bridgehead atoms. The summed E-state index contributed by atoms with van der Waals surface area (Å²) in [6.45, 7) is -0.251. The van der Waals surface area contributed by atoms with Gasteiger partial charge >= 0.3 is 5.97 Å². The predicted molar refractivity (Wildman–Crippen MR) is 105 cm³/mol. The summed E-state index contributed by atoms with van der Waals surface area (Å²) in [5.74, 6) is -1.34. The van der Waals surface area contributed by atoms with Gasteiger partial charge in [-0.25, -0.2) is 4.79 Å². The second-order valence-corrected chi connectivity index (χ2v) is 6.22. The van der Waals surface area contributed by atoms with Crippen molar-refractivity contribution in [3.8, 4) is 11.5 Å². The number of nitrogens with zero attached hydrogens (tertiary/aromatic N) is 1. The normalized spacial score (nSPS) is 10.2. The van der Waals surface area contributed by atoms with Crippen LogP contribution in [0.15, 0.2) is 36.4 Å². The number of ether oxygens (including phenoxy) is 3. The van der Waals surface area contributed by atoms with E-state index in [-0.39, 0.29) is 17.1 Å². The standard InChI is InChI=1S/C19H19ClN2O7/c1-27-16-9-14(15(22(25)26)10-17(16)28-2)19(24)29-11-18(23)21-8-7-12-3-5-13(20)6-4-12/h3-6,9-10H,7-8,11H2,1-2H3,(H,21,23). The van der Waals surface area contributed by atoms with Gasteiger partial charge in [0, 0.05) is 17.6 Å². The Morgan fingerprint density at radius 1 is 1.10 bits per heavy atom. The minimum absolute atomic E-state index is 0.0932. The van der Waals surface area contributed by atoms with Crippen LogP contribution < -0.4 is 14.8 Å². The number of carbonyl (C=O) groups is 2. The van der Waals surface area contributed by atoms with Gasteiger partial charge in [-0.3, -0.25) is 14.9 Å². The van der Waals surface area contributed by atoms with Crippen molar-refractivity contribution in [1.82, 2.24) is 5.32 Å². The molecule has 154 valence electrons. The zero-order chi connectivity index (χ0) is 21.4. The van der Waals surface area contributed by atoms with E-state index in [4.69, 9.17) is 25.8 Å². The van der Waals surface area contributed by atoms with Gasteiger partial charge in [-0.05, 0) is 24.1 Å². The Balaban J connectivity index is 1.94. The summed E-state index contributed by atoms with van der Waals surface area (Å²) in [4.78, 5) is 34.6. The van der Waals surface area contributed by atoms with Crippen molar-refractivity contribution in [2.75, 3.05) is 27.4 Å². The number of carbonyl (C=O) groups excluding carboxylic acids is 2. The molecule has 29 heavy (non-hydrogen) atoms. The molecule has 0 aromatic heterocycles. The molecule has 1 N–H and O–H groups in total. The second-order valence-electron chi connectivity index (χ2n) is 5.78. The summed E-state index contributed by atoms with van der Waals surface area (Å²) in [6, 6.07) is 9.36. The molecule has 0 aliphatic carbocycles. The maximum Gasteiger partial charge on any atom is 0.345 e. The van der Waals surface area contributed by atoms with Gasteiger partial charge in [0.25, 0.3) is 11.6 Å². The van der Waals surface area contributed by atoms with Crippen LogP contribution in [0.3, 0.4) is 0 Å². The number of hydrogen-bond donors (Lipinski definition) is 1. The van der Waals surface area contributed by atoms with E-state index >= 15 is 0 Å². The fourth-order valence-corrected chi connectivity index (χ4v) is 2.57. The second kappa shape index (κ2) is 10.3. The third-order valence-corrected chi connectivity index (χ3v) is 4.15. The number of rotatable bonds is 9. The molecule has 0 heterocycles. The monoisotopic (exact) mass is 422 g/mol. The van der Waals surface area contributed by atoms with Crippen molar-refractivity contribution in [1.29, 1.82) is 0 Å². The van der Waals surface area contributed by atoms with Crippen molar-refractivity contribution < 1.29 is 28.7 Å². The third-order valence-electron chi connectivity index (χ3n) is 3.90. The van der Waals surface area contributed by atoms with Gasteiger partial charge in [-0.15, -0.1) is 0 Å². The number of hydrogen-bond acceptors (Lipinski definition) is 7. The van der Waals surface area contributed by atoms with E-state index in [2.05, 4.69) is 5.32 Å². The van der Waals surface area contributed by atoms with Crippen molar-refractivity contribution in [3.05, 3.63) is 62.7 Å². The Kier molecular flexibility index (Phi) is 7.79. The molecule has 0 saturated carbocycles. The van der Waals surface area contributed by atoms with E-state index in [0.29, 0.717) is 18.0 Å². The quantitative estimate of drug-likeness (QED) is 0.375. The number of benzene rings is 2. The maximum atomic E-state index is 12.3. The summed E-state index contributed by atoms with van der Waals surface area (Å²) in [7, 11) is 2.64. The van der Waals surface area contributed by atoms with Gasteiger partial charge in [0.15, 0.2) is 18.1 Å². The smallest absolute Gasteiger partial charge is 0.345 e. The van der Waals surface area contributed by atoms with Crippen molar-refractivity contribution in [3.63, 3.8) is 0 Å². The summed E-state index contributed by atoms with van der Waals surface area (Å²) < 4.78 is 14.9. The van der Waals surface area contributed by atoms with Crippen molar-refractivity contribution >= 4 is 29.2 Å². The number of esters is 1. The van der Waals surface area contributed by atoms with Crippen molar-refractivity contribution in [2.24, 2.45) is 0 Å². The van der Waals surface area contributed by atoms with Gasteiger partial charge in [-0.2, -0.15) is 0 Å². The van der Waals surface area contributed by atoms with E-state index in [1.807, 2.05) is 12.1 Å². The SMILES string of the molecule is COc1cc(C(=O)OCC(=O)NCCc2ccc(Cl)cc2)c([N+](=O)[O-])cc1OC. The van der Waals surface area contributed by atoms with Crippen LogP contribution in [0.2, 0.25) is 5.02 Å². The molecule has 0 unspecified atom stereocenters. The molecular weight excluding hydrogens is 404 g/mol. The summed E-state index contributed by atoms with van der Waals surface area (Å²) in [6.07, 6.45) is 0.567. The molecule has 2 rings (SSSR count). The van der Waals surface area contributed by atoms with Gasteiger partial charge in [0.05, 0.1) is 25.2 Å². The molecule has 0 aliphatic rings. The van der Waals surface area contributed by atoms with Gasteiger partial charge in [-0.1, -0.05) is 23.7 Å². The minimum atomic E-state index is -1.02. The number of halogens is 1. The number of nitrogens with one attached hydrogen (secondary N) is 1. The van der Waals surface area contributed by atoms with Crippen molar-refractivity contribution in [2.45, 2.75) is 6.42 Å². The fraction of sp³-hybridized carbons (Fsp3) is 0.263. The molecule has 0 saturated heterocycles. The molecule has 2 aromatic carbocycles. The summed E-state index contributed by atoms with van der Waals surface area (Å²) in [5, 5.41) is 14.5. The molecule has 0 aliphatic heterocycles. The van der Waals surface area contributed by atoms with Crippen LogP contribution in [0.1, 0.15) is 15.9 Å². The van der Waals surface area contributed by atoms with E-state index in [1.165, 1.54) is 14.2 Å². The number of amides is 1. The molecule has 0 atom stereocenters. The highest BCUT2D eigenvalue weighted by atomic mass is 35.5. The highest BCUT2D eigenvalue weighted by Gasteiger charge is 2.26. The highest BCUT2D eigenvalue weighted by Crippen LogP contribution is 2.34. The molecular formula is C19H19ClN2O7. The number of nitro groups is 1. The maximum absolute atomic E-state index is 12.3. The Labute approximate surface area is 171 Å². The Hall–Kier alpha value is -3.33. The lowest BCUT2D eigenvalue weighted by Gasteiger charge is -2.10. The first-order valence-corrected chi connectivity index (χ1v) is 8.82. The lowest BCUT2D eigenvalue weighted by molar-refractivity contribution is -0.385. The molecule has 1 amide bonds.